The van der Waals surface area contributed by atoms with Gasteiger partial charge in [0.2, 0.25) is 0 Å². The molecule has 1 aliphatic heterocycles. The minimum Gasteiger partial charge on any atom is -0.335 e. The maximum atomic E-state index is 12.2. The summed E-state index contributed by atoms with van der Waals surface area (Å²) >= 11 is 1.44. The quantitative estimate of drug-likeness (QED) is 0.817. The molecule has 7 heteroatoms. The Balaban J connectivity index is 1.73. The van der Waals surface area contributed by atoms with Crippen molar-refractivity contribution in [1.82, 2.24) is 24.6 Å². The smallest absolute Gasteiger partial charge is 0.273 e. The normalized spacial score (nSPS) is 20.0. The highest BCUT2D eigenvalue weighted by Gasteiger charge is 2.26. The van der Waals surface area contributed by atoms with Gasteiger partial charge < -0.3 is 4.90 Å². The van der Waals surface area contributed by atoms with Crippen LogP contribution >= 0.6 is 11.3 Å². The van der Waals surface area contributed by atoms with Crippen LogP contribution in [0.2, 0.25) is 0 Å². The van der Waals surface area contributed by atoms with Crippen LogP contribution in [-0.2, 0) is 0 Å². The zero-order valence-corrected chi connectivity index (χ0v) is 10.6. The van der Waals surface area contributed by atoms with Crippen molar-refractivity contribution in [2.45, 2.75) is 18.9 Å². The summed E-state index contributed by atoms with van der Waals surface area (Å²) in [5.74, 6) is 0.0149. The molecule has 0 aromatic carbocycles. The van der Waals surface area contributed by atoms with Gasteiger partial charge in [-0.1, -0.05) is 0 Å². The summed E-state index contributed by atoms with van der Waals surface area (Å²) in [5, 5.41) is 5.94. The van der Waals surface area contributed by atoms with Crippen molar-refractivity contribution in [3.8, 4) is 0 Å². The summed E-state index contributed by atoms with van der Waals surface area (Å²) in [4.78, 5) is 22.1. The van der Waals surface area contributed by atoms with Crippen LogP contribution in [0.25, 0.3) is 0 Å². The summed E-state index contributed by atoms with van der Waals surface area (Å²) in [6.07, 6.45) is 5.26. The van der Waals surface area contributed by atoms with Gasteiger partial charge in [-0.05, 0) is 12.8 Å². The first-order valence-electron chi connectivity index (χ1n) is 5.86. The first-order chi connectivity index (χ1) is 8.84. The van der Waals surface area contributed by atoms with Crippen molar-refractivity contribution < 1.29 is 4.79 Å². The van der Waals surface area contributed by atoms with Crippen molar-refractivity contribution >= 4 is 17.2 Å². The van der Waals surface area contributed by atoms with E-state index in [1.807, 2.05) is 9.58 Å². The molecule has 2 aromatic heterocycles. The Morgan fingerprint density at radius 1 is 1.50 bits per heavy atom. The highest BCUT2D eigenvalue weighted by atomic mass is 32.1. The van der Waals surface area contributed by atoms with Gasteiger partial charge in [0.1, 0.15) is 18.3 Å². The van der Waals surface area contributed by atoms with Gasteiger partial charge in [-0.25, -0.2) is 14.6 Å². The van der Waals surface area contributed by atoms with Crippen molar-refractivity contribution in [1.29, 1.82) is 0 Å². The summed E-state index contributed by atoms with van der Waals surface area (Å²) in [6, 6.07) is 0.226. The maximum Gasteiger partial charge on any atom is 0.273 e. The van der Waals surface area contributed by atoms with Crippen LogP contribution in [-0.4, -0.2) is 43.6 Å². The predicted molar refractivity (Wildman–Crippen MR) is 66.3 cm³/mol. The fourth-order valence-corrected chi connectivity index (χ4v) is 2.77. The topological polar surface area (TPSA) is 63.9 Å². The van der Waals surface area contributed by atoms with E-state index >= 15 is 0 Å². The Kier molecular flexibility index (Phi) is 3.06. The van der Waals surface area contributed by atoms with E-state index in [4.69, 9.17) is 0 Å². The summed E-state index contributed by atoms with van der Waals surface area (Å²) in [7, 11) is 0. The van der Waals surface area contributed by atoms with Crippen LogP contribution in [0.15, 0.2) is 23.5 Å². The molecule has 18 heavy (non-hydrogen) atoms. The third kappa shape index (κ3) is 2.13. The largest absolute Gasteiger partial charge is 0.335 e. The first kappa shape index (κ1) is 11.3. The number of aromatic nitrogens is 4. The maximum absolute atomic E-state index is 12.2. The molecule has 0 unspecified atom stereocenters. The zero-order chi connectivity index (χ0) is 12.4. The molecule has 1 amide bonds. The lowest BCUT2D eigenvalue weighted by Crippen LogP contribution is -2.41. The van der Waals surface area contributed by atoms with Crippen molar-refractivity contribution in [3.05, 3.63) is 29.2 Å². The second-order valence-corrected chi connectivity index (χ2v) is 5.02. The van der Waals surface area contributed by atoms with Gasteiger partial charge in [-0.3, -0.25) is 4.79 Å². The molecule has 1 saturated heterocycles. The lowest BCUT2D eigenvalue weighted by atomic mass is 10.1. The molecule has 0 radical (unpaired) electrons. The lowest BCUT2D eigenvalue weighted by molar-refractivity contribution is 0.0667. The van der Waals surface area contributed by atoms with Gasteiger partial charge >= 0.3 is 0 Å². The Labute approximate surface area is 108 Å². The predicted octanol–water partition coefficient (Wildman–Crippen LogP) is 1.21. The second kappa shape index (κ2) is 4.85. The molecule has 2 aromatic rings. The SMILES string of the molecule is O=C(c1cscn1)N1CCC[C@@H](n2cncn2)C1. The van der Waals surface area contributed by atoms with Crippen LogP contribution in [0.3, 0.4) is 0 Å². The molecule has 0 N–H and O–H groups in total. The third-order valence-corrected chi connectivity index (χ3v) is 3.73. The number of hydrogen-bond acceptors (Lipinski definition) is 5. The van der Waals surface area contributed by atoms with Crippen LogP contribution in [0.1, 0.15) is 29.4 Å². The minimum absolute atomic E-state index is 0.0149. The van der Waals surface area contributed by atoms with Crippen LogP contribution in [0.5, 0.6) is 0 Å². The number of nitrogens with zero attached hydrogens (tertiary/aromatic N) is 5. The average molecular weight is 263 g/mol. The molecule has 3 rings (SSSR count). The number of piperidine rings is 1. The van der Waals surface area contributed by atoms with Gasteiger partial charge in [0.05, 0.1) is 11.6 Å². The number of rotatable bonds is 2. The molecule has 1 aliphatic rings. The van der Waals surface area contributed by atoms with Gasteiger partial charge in [-0.2, -0.15) is 5.10 Å². The molecule has 6 nitrogen and oxygen atoms in total. The van der Waals surface area contributed by atoms with E-state index < -0.39 is 0 Å². The third-order valence-electron chi connectivity index (χ3n) is 3.15. The zero-order valence-electron chi connectivity index (χ0n) is 9.77. The van der Waals surface area contributed by atoms with E-state index in [-0.39, 0.29) is 11.9 Å². The van der Waals surface area contributed by atoms with E-state index in [1.165, 1.54) is 17.7 Å². The number of hydrogen-bond donors (Lipinski definition) is 0. The van der Waals surface area contributed by atoms with Gasteiger partial charge in [0.15, 0.2) is 0 Å². The Morgan fingerprint density at radius 3 is 3.17 bits per heavy atom. The molecule has 1 atom stereocenters. The molecule has 1 fully saturated rings. The first-order valence-corrected chi connectivity index (χ1v) is 6.80. The molecule has 94 valence electrons. The number of carbonyl (C=O) groups excluding carboxylic acids is 1. The van der Waals surface area contributed by atoms with E-state index in [1.54, 1.807) is 17.2 Å². The Hall–Kier alpha value is -1.76. The van der Waals surface area contributed by atoms with Gasteiger partial charge in [0.25, 0.3) is 5.91 Å². The Bertz CT molecular complexity index is 510. The summed E-state index contributed by atoms with van der Waals surface area (Å²) in [5.41, 5.74) is 2.23. The van der Waals surface area contributed by atoms with E-state index in [0.29, 0.717) is 12.2 Å². The van der Waals surface area contributed by atoms with Gasteiger partial charge in [0, 0.05) is 18.5 Å². The average Bonchev–Trinajstić information content (AvgIpc) is 3.11. The van der Waals surface area contributed by atoms with Crippen molar-refractivity contribution in [2.75, 3.05) is 13.1 Å². The number of thiazole rings is 1. The highest BCUT2D eigenvalue weighted by molar-refractivity contribution is 7.07. The summed E-state index contributed by atoms with van der Waals surface area (Å²) < 4.78 is 1.83. The van der Waals surface area contributed by atoms with E-state index in [0.717, 1.165) is 19.4 Å². The van der Waals surface area contributed by atoms with Crippen molar-refractivity contribution in [2.24, 2.45) is 0 Å². The number of carbonyl (C=O) groups is 1. The molecule has 0 bridgehead atoms. The standard InChI is InChI=1S/C11H13N5OS/c17-11(10-5-18-8-13-10)15-3-1-2-9(4-15)16-7-12-6-14-16/h5-9H,1-4H2/t9-/m1/s1. The molecule has 3 heterocycles. The molecular formula is C11H13N5OS. The van der Waals surface area contributed by atoms with Crippen LogP contribution in [0.4, 0.5) is 0 Å². The van der Waals surface area contributed by atoms with E-state index in [9.17, 15) is 4.79 Å². The van der Waals surface area contributed by atoms with Crippen molar-refractivity contribution in [3.63, 3.8) is 0 Å². The second-order valence-electron chi connectivity index (χ2n) is 4.30. The van der Waals surface area contributed by atoms with Gasteiger partial charge in [-0.15, -0.1) is 11.3 Å². The summed E-state index contributed by atoms with van der Waals surface area (Å²) in [6.45, 7) is 1.47. The van der Waals surface area contributed by atoms with Crippen LogP contribution in [0, 0.1) is 0 Å². The molecule has 0 aliphatic carbocycles. The Morgan fingerprint density at radius 2 is 2.44 bits per heavy atom. The molecule has 0 saturated carbocycles. The molecular weight excluding hydrogens is 250 g/mol. The molecule has 0 spiro atoms. The minimum atomic E-state index is 0.0149. The lowest BCUT2D eigenvalue weighted by Gasteiger charge is -2.32. The number of likely N-dealkylation sites (tertiary alicyclic amines) is 1. The fraction of sp³-hybridized carbons (Fsp3) is 0.455. The fourth-order valence-electron chi connectivity index (χ4n) is 2.24. The van der Waals surface area contributed by atoms with Crippen LogP contribution < -0.4 is 0 Å². The highest BCUT2D eigenvalue weighted by Crippen LogP contribution is 2.21. The van der Waals surface area contributed by atoms with E-state index in [2.05, 4.69) is 15.1 Å². The monoisotopic (exact) mass is 263 g/mol. The number of amides is 1.